The van der Waals surface area contributed by atoms with Crippen LogP contribution in [-0.2, 0) is 23.1 Å². The average Bonchev–Trinajstić information content (AvgIpc) is 2.87. The Morgan fingerprint density at radius 3 is 2.64 bits per heavy atom. The molecule has 0 amide bonds. The molecule has 36 heavy (non-hydrogen) atoms. The van der Waals surface area contributed by atoms with Gasteiger partial charge in [-0.3, -0.25) is 13.9 Å². The standard InChI is InChI=1S/C26H32FN3O6/c1-16(2)36-19-15-28-24-22(21(19)23(31)17-8-10-18(27)11-9-17)25(32)30(26(33)29(24)3)12-6-14-35-20-7-4-5-13-34-20/h8-11,15-16,20,23,31H,4-7,12-14H2,1-3H3. The van der Waals surface area contributed by atoms with Crippen LogP contribution in [0.1, 0.15) is 56.8 Å². The van der Waals surface area contributed by atoms with Gasteiger partial charge in [0, 0.05) is 25.8 Å². The van der Waals surface area contributed by atoms with Gasteiger partial charge in [-0.2, -0.15) is 0 Å². The van der Waals surface area contributed by atoms with E-state index in [2.05, 4.69) is 4.98 Å². The summed E-state index contributed by atoms with van der Waals surface area (Å²) in [5, 5.41) is 11.4. The minimum absolute atomic E-state index is 0.0728. The topological polar surface area (TPSA) is 105 Å². The van der Waals surface area contributed by atoms with Gasteiger partial charge in [-0.15, -0.1) is 0 Å². The Morgan fingerprint density at radius 1 is 1.22 bits per heavy atom. The second-order valence-corrected chi connectivity index (χ2v) is 9.17. The van der Waals surface area contributed by atoms with Crippen molar-refractivity contribution in [2.75, 3.05) is 13.2 Å². The van der Waals surface area contributed by atoms with Crippen LogP contribution in [0.3, 0.4) is 0 Å². The number of halogens is 1. The second kappa shape index (κ2) is 11.3. The molecule has 0 saturated carbocycles. The van der Waals surface area contributed by atoms with Crippen molar-refractivity contribution in [1.82, 2.24) is 14.1 Å². The van der Waals surface area contributed by atoms with Gasteiger partial charge in [0.1, 0.15) is 23.3 Å². The monoisotopic (exact) mass is 501 g/mol. The number of hydrogen-bond acceptors (Lipinski definition) is 7. The van der Waals surface area contributed by atoms with Crippen molar-refractivity contribution in [2.45, 2.75) is 64.6 Å². The van der Waals surface area contributed by atoms with E-state index in [9.17, 15) is 19.1 Å². The minimum atomic E-state index is -1.31. The fourth-order valence-corrected chi connectivity index (χ4v) is 4.36. The van der Waals surface area contributed by atoms with Crippen molar-refractivity contribution >= 4 is 11.0 Å². The van der Waals surface area contributed by atoms with Gasteiger partial charge in [-0.25, -0.2) is 14.2 Å². The number of aliphatic hydroxyl groups is 1. The summed E-state index contributed by atoms with van der Waals surface area (Å²) in [6.45, 7) is 4.75. The number of fused-ring (bicyclic) bond motifs is 1. The highest BCUT2D eigenvalue weighted by Gasteiger charge is 2.26. The van der Waals surface area contributed by atoms with Crippen LogP contribution in [0.25, 0.3) is 11.0 Å². The fraction of sp³-hybridized carbons (Fsp3) is 0.500. The summed E-state index contributed by atoms with van der Waals surface area (Å²) in [5.41, 5.74) is -0.423. The van der Waals surface area contributed by atoms with E-state index < -0.39 is 23.2 Å². The van der Waals surface area contributed by atoms with Gasteiger partial charge in [0.25, 0.3) is 5.56 Å². The Hall–Kier alpha value is -3.08. The first kappa shape index (κ1) is 26.0. The normalized spacial score (nSPS) is 17.0. The van der Waals surface area contributed by atoms with E-state index in [1.807, 2.05) is 13.8 Å². The van der Waals surface area contributed by atoms with Crippen molar-refractivity contribution in [3.63, 3.8) is 0 Å². The van der Waals surface area contributed by atoms with Crippen molar-refractivity contribution < 1.29 is 23.7 Å². The van der Waals surface area contributed by atoms with E-state index in [-0.39, 0.29) is 41.3 Å². The summed E-state index contributed by atoms with van der Waals surface area (Å²) >= 11 is 0. The third-order valence-electron chi connectivity index (χ3n) is 6.15. The summed E-state index contributed by atoms with van der Waals surface area (Å²) in [4.78, 5) is 31.0. The molecule has 1 aromatic carbocycles. The molecule has 2 unspecified atom stereocenters. The summed E-state index contributed by atoms with van der Waals surface area (Å²) in [6, 6.07) is 5.34. The molecule has 3 heterocycles. The highest BCUT2D eigenvalue weighted by Crippen LogP contribution is 2.34. The molecule has 0 aliphatic carbocycles. The van der Waals surface area contributed by atoms with Gasteiger partial charge in [-0.1, -0.05) is 12.1 Å². The number of nitrogens with zero attached hydrogens (tertiary/aromatic N) is 3. The number of aromatic nitrogens is 3. The summed E-state index contributed by atoms with van der Waals surface area (Å²) in [7, 11) is 1.52. The Morgan fingerprint density at radius 2 is 1.97 bits per heavy atom. The van der Waals surface area contributed by atoms with Crippen LogP contribution >= 0.6 is 0 Å². The van der Waals surface area contributed by atoms with Crippen LogP contribution in [0.2, 0.25) is 0 Å². The van der Waals surface area contributed by atoms with Gasteiger partial charge < -0.3 is 19.3 Å². The quantitative estimate of drug-likeness (QED) is 0.450. The SMILES string of the molecule is CC(C)Oc1cnc2c(c1C(O)c1ccc(F)cc1)c(=O)n(CCCOC1CCCCO1)c(=O)n2C. The number of ether oxygens (including phenoxy) is 3. The maximum Gasteiger partial charge on any atom is 0.332 e. The van der Waals surface area contributed by atoms with E-state index in [0.29, 0.717) is 25.2 Å². The summed E-state index contributed by atoms with van der Waals surface area (Å²) < 4.78 is 33.1. The van der Waals surface area contributed by atoms with Crippen LogP contribution in [0.4, 0.5) is 4.39 Å². The van der Waals surface area contributed by atoms with Crippen molar-refractivity contribution in [2.24, 2.45) is 7.05 Å². The van der Waals surface area contributed by atoms with Gasteiger partial charge >= 0.3 is 5.69 Å². The first-order chi connectivity index (χ1) is 17.3. The van der Waals surface area contributed by atoms with E-state index in [1.54, 1.807) is 0 Å². The van der Waals surface area contributed by atoms with Crippen LogP contribution in [0.5, 0.6) is 5.75 Å². The lowest BCUT2D eigenvalue weighted by Crippen LogP contribution is -2.40. The molecule has 9 nitrogen and oxygen atoms in total. The van der Waals surface area contributed by atoms with Gasteiger partial charge in [0.05, 0.1) is 24.3 Å². The molecule has 1 saturated heterocycles. The smallest absolute Gasteiger partial charge is 0.332 e. The Labute approximate surface area is 208 Å². The van der Waals surface area contributed by atoms with E-state index >= 15 is 0 Å². The van der Waals surface area contributed by atoms with Crippen LogP contribution in [0, 0.1) is 5.82 Å². The molecular weight excluding hydrogens is 469 g/mol. The summed E-state index contributed by atoms with van der Waals surface area (Å²) in [5.74, 6) is -0.232. The molecule has 10 heteroatoms. The minimum Gasteiger partial charge on any atom is -0.489 e. The molecule has 0 spiro atoms. The van der Waals surface area contributed by atoms with Crippen molar-refractivity contribution in [3.05, 3.63) is 68.2 Å². The lowest BCUT2D eigenvalue weighted by Gasteiger charge is -2.23. The third kappa shape index (κ3) is 5.50. The average molecular weight is 502 g/mol. The van der Waals surface area contributed by atoms with E-state index in [4.69, 9.17) is 14.2 Å². The van der Waals surface area contributed by atoms with Crippen LogP contribution < -0.4 is 16.0 Å². The molecule has 0 bridgehead atoms. The number of rotatable bonds is 9. The second-order valence-electron chi connectivity index (χ2n) is 9.17. The summed E-state index contributed by atoms with van der Waals surface area (Å²) in [6.07, 6.45) is 2.87. The maximum absolute atomic E-state index is 13.7. The highest BCUT2D eigenvalue weighted by atomic mass is 19.1. The third-order valence-corrected chi connectivity index (χ3v) is 6.15. The molecular formula is C26H32FN3O6. The molecule has 3 aromatic rings. The Balaban J connectivity index is 1.75. The zero-order valence-electron chi connectivity index (χ0n) is 20.8. The molecule has 4 rings (SSSR count). The van der Waals surface area contributed by atoms with Gasteiger partial charge in [0.2, 0.25) is 0 Å². The zero-order valence-corrected chi connectivity index (χ0v) is 20.8. The van der Waals surface area contributed by atoms with E-state index in [1.165, 1.54) is 42.1 Å². The predicted molar refractivity (Wildman–Crippen MR) is 132 cm³/mol. The Kier molecular flexibility index (Phi) is 8.17. The molecule has 1 aliphatic rings. The molecule has 1 aliphatic heterocycles. The first-order valence-corrected chi connectivity index (χ1v) is 12.2. The molecule has 1 N–H and O–H groups in total. The van der Waals surface area contributed by atoms with Crippen molar-refractivity contribution in [3.8, 4) is 5.75 Å². The molecule has 2 aromatic heterocycles. The molecule has 1 fully saturated rings. The number of hydrogen-bond donors (Lipinski definition) is 1. The van der Waals surface area contributed by atoms with Gasteiger partial charge in [0.15, 0.2) is 6.29 Å². The first-order valence-electron chi connectivity index (χ1n) is 12.2. The zero-order chi connectivity index (χ0) is 25.8. The highest BCUT2D eigenvalue weighted by molar-refractivity contribution is 5.81. The lowest BCUT2D eigenvalue weighted by atomic mass is 9.98. The largest absolute Gasteiger partial charge is 0.489 e. The maximum atomic E-state index is 13.7. The molecule has 194 valence electrons. The predicted octanol–water partition coefficient (Wildman–Crippen LogP) is 3.04. The number of benzene rings is 1. The lowest BCUT2D eigenvalue weighted by molar-refractivity contribution is -0.163. The molecule has 0 radical (unpaired) electrons. The Bertz CT molecular complexity index is 1310. The van der Waals surface area contributed by atoms with E-state index in [0.717, 1.165) is 23.8 Å². The fourth-order valence-electron chi connectivity index (χ4n) is 4.36. The number of aryl methyl sites for hydroxylation is 1. The van der Waals surface area contributed by atoms with Gasteiger partial charge in [-0.05, 0) is 57.2 Å². The van der Waals surface area contributed by atoms with Crippen LogP contribution in [-0.4, -0.2) is 44.8 Å². The van der Waals surface area contributed by atoms with Crippen LogP contribution in [0.15, 0.2) is 40.1 Å². The number of pyridine rings is 1. The van der Waals surface area contributed by atoms with Crippen molar-refractivity contribution in [1.29, 1.82) is 0 Å². The number of aliphatic hydroxyl groups excluding tert-OH is 1. The molecule has 2 atom stereocenters.